The van der Waals surface area contributed by atoms with E-state index in [-0.39, 0.29) is 25.3 Å². The Morgan fingerprint density at radius 2 is 1.50 bits per heavy atom. The Labute approximate surface area is 220 Å². The number of rotatable bonds is 16. The van der Waals surface area contributed by atoms with Gasteiger partial charge in [-0.15, -0.1) is 0 Å². The SMILES string of the molecule is CC(C)[C@H](NC(=O)[C@@H](N)CCCN=C(N)N)C(=O)N[C@@H](CC(=O)O)C(=O)N[C@@H](Cc1ccccc1)C(=O)O. The van der Waals surface area contributed by atoms with E-state index in [4.69, 9.17) is 17.2 Å². The molecule has 14 nitrogen and oxygen atoms in total. The topological polar surface area (TPSA) is 252 Å². The minimum atomic E-state index is -1.59. The van der Waals surface area contributed by atoms with E-state index >= 15 is 0 Å². The number of guanidine groups is 1. The summed E-state index contributed by atoms with van der Waals surface area (Å²) in [4.78, 5) is 65.3. The molecular weight excluding hydrogens is 498 g/mol. The van der Waals surface area contributed by atoms with Crippen LogP contribution in [-0.2, 0) is 30.4 Å². The van der Waals surface area contributed by atoms with E-state index in [1.54, 1.807) is 44.2 Å². The van der Waals surface area contributed by atoms with E-state index in [2.05, 4.69) is 20.9 Å². The third-order valence-electron chi connectivity index (χ3n) is 5.46. The molecule has 1 aromatic rings. The first kappa shape index (κ1) is 31.8. The molecule has 0 aliphatic carbocycles. The molecule has 0 saturated heterocycles. The summed E-state index contributed by atoms with van der Waals surface area (Å²) in [5.74, 6) is -5.71. The van der Waals surface area contributed by atoms with Crippen LogP contribution in [-0.4, -0.2) is 76.5 Å². The molecule has 0 spiro atoms. The van der Waals surface area contributed by atoms with E-state index in [0.717, 1.165) is 0 Å². The number of amides is 3. The van der Waals surface area contributed by atoms with Crippen molar-refractivity contribution >= 4 is 35.6 Å². The van der Waals surface area contributed by atoms with Gasteiger partial charge in [-0.2, -0.15) is 0 Å². The van der Waals surface area contributed by atoms with Crippen LogP contribution in [0.4, 0.5) is 0 Å². The van der Waals surface area contributed by atoms with Gasteiger partial charge in [0.25, 0.3) is 0 Å². The predicted molar refractivity (Wildman–Crippen MR) is 139 cm³/mol. The number of benzene rings is 1. The molecule has 0 heterocycles. The van der Waals surface area contributed by atoms with Crippen LogP contribution < -0.4 is 33.2 Å². The number of carbonyl (C=O) groups is 5. The lowest BCUT2D eigenvalue weighted by atomic mass is 10.0. The summed E-state index contributed by atoms with van der Waals surface area (Å²) >= 11 is 0. The van der Waals surface area contributed by atoms with Crippen molar-refractivity contribution < 1.29 is 34.2 Å². The normalized spacial score (nSPS) is 13.9. The summed E-state index contributed by atoms with van der Waals surface area (Å²) in [6.45, 7) is 3.55. The van der Waals surface area contributed by atoms with Crippen molar-refractivity contribution in [1.82, 2.24) is 16.0 Å². The van der Waals surface area contributed by atoms with Gasteiger partial charge in [0.1, 0.15) is 18.1 Å². The molecule has 1 aromatic carbocycles. The Kier molecular flexibility index (Phi) is 13.2. The van der Waals surface area contributed by atoms with Crippen molar-refractivity contribution in [3.63, 3.8) is 0 Å². The number of carbonyl (C=O) groups excluding carboxylic acids is 3. The second kappa shape index (κ2) is 15.8. The number of nitrogens with one attached hydrogen (secondary N) is 3. The third kappa shape index (κ3) is 11.7. The summed E-state index contributed by atoms with van der Waals surface area (Å²) in [5, 5.41) is 25.9. The highest BCUT2D eigenvalue weighted by molar-refractivity contribution is 5.95. The second-order valence-electron chi connectivity index (χ2n) is 9.03. The summed E-state index contributed by atoms with van der Waals surface area (Å²) in [7, 11) is 0. The lowest BCUT2D eigenvalue weighted by Crippen LogP contribution is -2.58. The molecule has 11 N–H and O–H groups in total. The zero-order valence-electron chi connectivity index (χ0n) is 21.4. The molecule has 210 valence electrons. The molecule has 0 bridgehead atoms. The molecule has 0 radical (unpaired) electrons. The van der Waals surface area contributed by atoms with Crippen molar-refractivity contribution in [2.45, 2.75) is 63.7 Å². The predicted octanol–water partition coefficient (Wildman–Crippen LogP) is -1.72. The van der Waals surface area contributed by atoms with E-state index < -0.39 is 66.2 Å². The largest absolute Gasteiger partial charge is 0.481 e. The number of hydrogen-bond acceptors (Lipinski definition) is 7. The average Bonchev–Trinajstić information content (AvgIpc) is 2.83. The van der Waals surface area contributed by atoms with Gasteiger partial charge in [0.15, 0.2) is 5.96 Å². The maximum Gasteiger partial charge on any atom is 0.326 e. The summed E-state index contributed by atoms with van der Waals surface area (Å²) < 4.78 is 0. The molecule has 14 heteroatoms. The summed E-state index contributed by atoms with van der Waals surface area (Å²) in [6.07, 6.45) is -0.212. The quantitative estimate of drug-likeness (QED) is 0.0675. The lowest BCUT2D eigenvalue weighted by molar-refractivity contribution is -0.143. The van der Waals surface area contributed by atoms with Crippen molar-refractivity contribution in [3.8, 4) is 0 Å². The van der Waals surface area contributed by atoms with Crippen LogP contribution in [0.1, 0.15) is 38.7 Å². The highest BCUT2D eigenvalue weighted by Gasteiger charge is 2.32. The highest BCUT2D eigenvalue weighted by Crippen LogP contribution is 2.07. The van der Waals surface area contributed by atoms with Crippen LogP contribution >= 0.6 is 0 Å². The fourth-order valence-electron chi connectivity index (χ4n) is 3.41. The third-order valence-corrected chi connectivity index (χ3v) is 5.46. The van der Waals surface area contributed by atoms with Gasteiger partial charge in [0.05, 0.1) is 12.5 Å². The van der Waals surface area contributed by atoms with Crippen LogP contribution in [0, 0.1) is 5.92 Å². The minimum absolute atomic E-state index is 0.0542. The molecule has 3 amide bonds. The number of carboxylic acid groups (broad SMARTS) is 2. The molecule has 0 fully saturated rings. The number of carboxylic acids is 2. The van der Waals surface area contributed by atoms with Gasteiger partial charge in [0, 0.05) is 13.0 Å². The number of hydrogen-bond donors (Lipinski definition) is 8. The molecule has 38 heavy (non-hydrogen) atoms. The van der Waals surface area contributed by atoms with Crippen molar-refractivity contribution in [1.29, 1.82) is 0 Å². The van der Waals surface area contributed by atoms with Crippen LogP contribution in [0.3, 0.4) is 0 Å². The molecule has 0 aromatic heterocycles. The Balaban J connectivity index is 2.90. The van der Waals surface area contributed by atoms with E-state index in [1.165, 1.54) is 0 Å². The number of aliphatic imine (C=N–C) groups is 1. The van der Waals surface area contributed by atoms with Crippen LogP contribution in [0.2, 0.25) is 0 Å². The second-order valence-corrected chi connectivity index (χ2v) is 9.03. The van der Waals surface area contributed by atoms with Gasteiger partial charge >= 0.3 is 11.9 Å². The van der Waals surface area contributed by atoms with Gasteiger partial charge in [-0.25, -0.2) is 4.79 Å². The first-order valence-electron chi connectivity index (χ1n) is 12.0. The van der Waals surface area contributed by atoms with Gasteiger partial charge in [-0.1, -0.05) is 44.2 Å². The number of nitrogens with zero attached hydrogens (tertiary/aromatic N) is 1. The molecule has 0 unspecified atom stereocenters. The lowest BCUT2D eigenvalue weighted by Gasteiger charge is -2.26. The fourth-order valence-corrected chi connectivity index (χ4v) is 3.41. The van der Waals surface area contributed by atoms with Crippen molar-refractivity contribution in [2.75, 3.05) is 6.54 Å². The molecule has 0 saturated carbocycles. The van der Waals surface area contributed by atoms with Crippen molar-refractivity contribution in [2.24, 2.45) is 28.1 Å². The summed E-state index contributed by atoms with van der Waals surface area (Å²) in [5.41, 5.74) is 17.0. The van der Waals surface area contributed by atoms with Gasteiger partial charge in [-0.3, -0.25) is 24.2 Å². The first-order valence-corrected chi connectivity index (χ1v) is 12.0. The zero-order chi connectivity index (χ0) is 28.8. The molecular formula is C24H37N7O7. The standard InChI is InChI=1S/C24H37N7O7/c1-13(2)19(31-20(34)15(25)9-6-10-28-24(26)27)22(36)29-16(12-18(32)33)21(35)30-17(23(37)38)11-14-7-4-3-5-8-14/h3-5,7-8,13,15-17,19H,6,9-12,25H2,1-2H3,(H,29,36)(H,30,35)(H,31,34)(H,32,33)(H,37,38)(H4,26,27,28)/t15-,16-,17-,19-/m0/s1. The number of aliphatic carboxylic acids is 2. The van der Waals surface area contributed by atoms with Gasteiger partial charge < -0.3 is 43.4 Å². The van der Waals surface area contributed by atoms with E-state index in [0.29, 0.717) is 12.0 Å². The average molecular weight is 536 g/mol. The van der Waals surface area contributed by atoms with Crippen LogP contribution in [0.15, 0.2) is 35.3 Å². The van der Waals surface area contributed by atoms with Crippen LogP contribution in [0.5, 0.6) is 0 Å². The molecule has 4 atom stereocenters. The van der Waals surface area contributed by atoms with Crippen molar-refractivity contribution in [3.05, 3.63) is 35.9 Å². The maximum atomic E-state index is 13.0. The zero-order valence-corrected chi connectivity index (χ0v) is 21.4. The fraction of sp³-hybridized carbons (Fsp3) is 0.500. The first-order chi connectivity index (χ1) is 17.8. The smallest absolute Gasteiger partial charge is 0.326 e. The highest BCUT2D eigenvalue weighted by atomic mass is 16.4. The molecule has 0 aliphatic heterocycles. The van der Waals surface area contributed by atoms with E-state index in [1.807, 2.05) is 0 Å². The Morgan fingerprint density at radius 1 is 0.895 bits per heavy atom. The van der Waals surface area contributed by atoms with Crippen LogP contribution in [0.25, 0.3) is 0 Å². The number of nitrogens with two attached hydrogens (primary N) is 3. The minimum Gasteiger partial charge on any atom is -0.481 e. The van der Waals surface area contributed by atoms with Gasteiger partial charge in [0.2, 0.25) is 17.7 Å². The Bertz CT molecular complexity index is 997. The molecule has 1 rings (SSSR count). The van der Waals surface area contributed by atoms with E-state index in [9.17, 15) is 34.2 Å². The van der Waals surface area contributed by atoms with Gasteiger partial charge in [-0.05, 0) is 24.3 Å². The monoisotopic (exact) mass is 535 g/mol. The molecule has 0 aliphatic rings. The Morgan fingerprint density at radius 3 is 2.03 bits per heavy atom. The Hall–Kier alpha value is -4.20. The summed E-state index contributed by atoms with van der Waals surface area (Å²) in [6, 6.07) is 3.46. The maximum absolute atomic E-state index is 13.0.